The first-order valence-electron chi connectivity index (χ1n) is 5.56. The highest BCUT2D eigenvalue weighted by atomic mass is 16.5. The van der Waals surface area contributed by atoms with E-state index in [1.807, 2.05) is 6.92 Å². The summed E-state index contributed by atoms with van der Waals surface area (Å²) in [6.45, 7) is 1.84. The van der Waals surface area contributed by atoms with Gasteiger partial charge in [0.15, 0.2) is 0 Å². The maximum Gasteiger partial charge on any atom is 0.314 e. The monoisotopic (exact) mass is 212 g/mol. The Balaban J connectivity index is 2.88. The minimum Gasteiger partial charge on any atom is -0.469 e. The summed E-state index contributed by atoms with van der Waals surface area (Å²) in [6.07, 6.45) is 7.33. The molecule has 0 spiro atoms. The summed E-state index contributed by atoms with van der Waals surface area (Å²) in [4.78, 5) is 11.8. The van der Waals surface area contributed by atoms with Crippen LogP contribution >= 0.6 is 0 Å². The van der Waals surface area contributed by atoms with E-state index in [-0.39, 0.29) is 5.97 Å². The van der Waals surface area contributed by atoms with Crippen molar-refractivity contribution in [2.75, 3.05) is 7.11 Å². The van der Waals surface area contributed by atoms with Crippen molar-refractivity contribution < 1.29 is 14.6 Å². The maximum atomic E-state index is 11.8. The second-order valence-corrected chi connectivity index (χ2v) is 4.18. The molecule has 3 nitrogen and oxygen atoms in total. The molecule has 0 aromatic rings. The minimum absolute atomic E-state index is 0.271. The summed E-state index contributed by atoms with van der Waals surface area (Å²) < 4.78 is 4.83. The van der Waals surface area contributed by atoms with Crippen LogP contribution in [0.5, 0.6) is 0 Å². The zero-order chi connectivity index (χ0) is 11.3. The molecule has 0 amide bonds. The van der Waals surface area contributed by atoms with Crippen LogP contribution < -0.4 is 0 Å². The average molecular weight is 212 g/mol. The van der Waals surface area contributed by atoms with Crippen molar-refractivity contribution in [3.05, 3.63) is 12.2 Å². The van der Waals surface area contributed by atoms with Crippen molar-refractivity contribution in [2.45, 2.75) is 45.1 Å². The van der Waals surface area contributed by atoms with Gasteiger partial charge >= 0.3 is 5.97 Å². The fraction of sp³-hybridized carbons (Fsp3) is 0.750. The first-order valence-corrected chi connectivity index (χ1v) is 5.56. The van der Waals surface area contributed by atoms with E-state index >= 15 is 0 Å². The van der Waals surface area contributed by atoms with E-state index in [1.54, 1.807) is 12.2 Å². The van der Waals surface area contributed by atoms with Gasteiger partial charge in [-0.3, -0.25) is 4.79 Å². The second kappa shape index (κ2) is 5.31. The largest absolute Gasteiger partial charge is 0.469 e. The van der Waals surface area contributed by atoms with Crippen molar-refractivity contribution in [3.63, 3.8) is 0 Å². The molecule has 1 atom stereocenters. The van der Waals surface area contributed by atoms with Crippen molar-refractivity contribution in [3.8, 4) is 0 Å². The molecule has 0 saturated heterocycles. The number of aliphatic hydroxyl groups is 1. The Morgan fingerprint density at radius 3 is 2.47 bits per heavy atom. The van der Waals surface area contributed by atoms with E-state index in [9.17, 15) is 9.90 Å². The van der Waals surface area contributed by atoms with Crippen molar-refractivity contribution in [1.29, 1.82) is 0 Å². The first-order chi connectivity index (χ1) is 7.17. The molecule has 0 aromatic carbocycles. The molecule has 86 valence electrons. The minimum atomic E-state index is -0.713. The van der Waals surface area contributed by atoms with Crippen LogP contribution in [0.1, 0.15) is 39.0 Å². The number of rotatable bonds is 3. The van der Waals surface area contributed by atoms with Crippen molar-refractivity contribution >= 4 is 5.97 Å². The predicted molar refractivity (Wildman–Crippen MR) is 58.4 cm³/mol. The molecular formula is C12H20O3. The number of ether oxygens (including phenoxy) is 1. The molecule has 1 N–H and O–H groups in total. The zero-order valence-corrected chi connectivity index (χ0v) is 9.53. The summed E-state index contributed by atoms with van der Waals surface area (Å²) in [6, 6.07) is 0. The van der Waals surface area contributed by atoms with Gasteiger partial charge in [0.1, 0.15) is 0 Å². The van der Waals surface area contributed by atoms with Gasteiger partial charge in [-0.25, -0.2) is 0 Å². The summed E-state index contributed by atoms with van der Waals surface area (Å²) in [5.74, 6) is -0.271. The number of aliphatic hydroxyl groups excluding tert-OH is 1. The molecule has 3 heteroatoms. The Morgan fingerprint density at radius 2 is 2.00 bits per heavy atom. The quantitative estimate of drug-likeness (QED) is 0.575. The Morgan fingerprint density at radius 1 is 1.40 bits per heavy atom. The standard InChI is InChI=1S/C12H20O3/c1-3-7-10(13)12(11(14)15-2)8-5-4-6-9-12/h3,7,10,13H,4-6,8-9H2,1-2H3/b7-3+. The van der Waals surface area contributed by atoms with Gasteiger partial charge in [-0.15, -0.1) is 0 Å². The number of hydrogen-bond acceptors (Lipinski definition) is 3. The summed E-state index contributed by atoms with van der Waals surface area (Å²) in [5, 5.41) is 10.0. The highest BCUT2D eigenvalue weighted by Gasteiger charge is 2.45. The van der Waals surface area contributed by atoms with Crippen LogP contribution in [0.25, 0.3) is 0 Å². The number of methoxy groups -OCH3 is 1. The third kappa shape index (κ3) is 2.40. The molecule has 0 radical (unpaired) electrons. The molecule has 1 unspecified atom stereocenters. The van der Waals surface area contributed by atoms with Gasteiger partial charge in [-0.2, -0.15) is 0 Å². The van der Waals surface area contributed by atoms with E-state index in [1.165, 1.54) is 7.11 Å². The van der Waals surface area contributed by atoms with Crippen LogP contribution in [0.4, 0.5) is 0 Å². The van der Waals surface area contributed by atoms with Gasteiger partial charge < -0.3 is 9.84 Å². The van der Waals surface area contributed by atoms with Crippen LogP contribution in [0.3, 0.4) is 0 Å². The third-order valence-corrected chi connectivity index (χ3v) is 3.28. The number of carbonyl (C=O) groups is 1. The van der Waals surface area contributed by atoms with E-state index in [2.05, 4.69) is 0 Å². The molecule has 15 heavy (non-hydrogen) atoms. The molecule has 1 saturated carbocycles. The van der Waals surface area contributed by atoms with E-state index in [4.69, 9.17) is 4.74 Å². The lowest BCUT2D eigenvalue weighted by atomic mass is 9.70. The SMILES string of the molecule is C/C=C/C(O)C1(C(=O)OC)CCCCC1. The Labute approximate surface area is 91.1 Å². The van der Waals surface area contributed by atoms with Gasteiger partial charge in [-0.05, 0) is 19.8 Å². The van der Waals surface area contributed by atoms with Crippen LogP contribution in [0.15, 0.2) is 12.2 Å². The van der Waals surface area contributed by atoms with Crippen LogP contribution in [-0.2, 0) is 9.53 Å². The van der Waals surface area contributed by atoms with E-state index in [0.717, 1.165) is 32.1 Å². The molecule has 0 heterocycles. The Hall–Kier alpha value is -0.830. The average Bonchev–Trinajstić information content (AvgIpc) is 2.29. The first kappa shape index (κ1) is 12.2. The predicted octanol–water partition coefficient (Wildman–Crippen LogP) is 2.05. The van der Waals surface area contributed by atoms with Crippen molar-refractivity contribution in [1.82, 2.24) is 0 Å². The fourth-order valence-corrected chi connectivity index (χ4v) is 2.37. The smallest absolute Gasteiger partial charge is 0.314 e. The molecule has 1 aliphatic carbocycles. The van der Waals surface area contributed by atoms with Gasteiger partial charge in [0.25, 0.3) is 0 Å². The lowest BCUT2D eigenvalue weighted by Gasteiger charge is -2.37. The van der Waals surface area contributed by atoms with Crippen LogP contribution in [-0.4, -0.2) is 24.3 Å². The van der Waals surface area contributed by atoms with Gasteiger partial charge in [-0.1, -0.05) is 31.4 Å². The lowest BCUT2D eigenvalue weighted by Crippen LogP contribution is -2.44. The van der Waals surface area contributed by atoms with Gasteiger partial charge in [0.2, 0.25) is 0 Å². The molecule has 0 aromatic heterocycles. The van der Waals surface area contributed by atoms with Gasteiger partial charge in [0, 0.05) is 0 Å². The summed E-state index contributed by atoms with van der Waals surface area (Å²) in [7, 11) is 1.39. The van der Waals surface area contributed by atoms with E-state index in [0.29, 0.717) is 0 Å². The fourth-order valence-electron chi connectivity index (χ4n) is 2.37. The topological polar surface area (TPSA) is 46.5 Å². The Kier molecular flexibility index (Phi) is 4.33. The highest BCUT2D eigenvalue weighted by molar-refractivity contribution is 5.78. The third-order valence-electron chi connectivity index (χ3n) is 3.28. The highest BCUT2D eigenvalue weighted by Crippen LogP contribution is 2.40. The molecular weight excluding hydrogens is 192 g/mol. The van der Waals surface area contributed by atoms with Crippen LogP contribution in [0, 0.1) is 5.41 Å². The van der Waals surface area contributed by atoms with Crippen LogP contribution in [0.2, 0.25) is 0 Å². The molecule has 1 aliphatic rings. The number of carbonyl (C=O) groups excluding carboxylic acids is 1. The normalized spacial score (nSPS) is 22.6. The summed E-state index contributed by atoms with van der Waals surface area (Å²) >= 11 is 0. The molecule has 0 bridgehead atoms. The summed E-state index contributed by atoms with van der Waals surface area (Å²) in [5.41, 5.74) is -0.695. The van der Waals surface area contributed by atoms with Gasteiger partial charge in [0.05, 0.1) is 18.6 Å². The maximum absolute atomic E-state index is 11.8. The number of esters is 1. The number of hydrogen-bond donors (Lipinski definition) is 1. The Bertz CT molecular complexity index is 239. The molecule has 0 aliphatic heterocycles. The van der Waals surface area contributed by atoms with Crippen molar-refractivity contribution in [2.24, 2.45) is 5.41 Å². The second-order valence-electron chi connectivity index (χ2n) is 4.18. The number of allylic oxidation sites excluding steroid dienone is 1. The molecule has 1 rings (SSSR count). The molecule has 1 fully saturated rings. The lowest BCUT2D eigenvalue weighted by molar-refractivity contribution is -0.161. The van der Waals surface area contributed by atoms with E-state index < -0.39 is 11.5 Å². The zero-order valence-electron chi connectivity index (χ0n) is 9.53.